The number of hydrogen-bond donors (Lipinski definition) is 1. The van der Waals surface area contributed by atoms with Crippen LogP contribution in [0, 0.1) is 13.8 Å². The Kier molecular flexibility index (Phi) is 5.23. The van der Waals surface area contributed by atoms with Crippen LogP contribution in [0.3, 0.4) is 0 Å². The van der Waals surface area contributed by atoms with Gasteiger partial charge in [0.1, 0.15) is 5.70 Å². The molecule has 3 amide bonds. The van der Waals surface area contributed by atoms with Gasteiger partial charge in [-0.05, 0) is 37.1 Å². The Hall–Kier alpha value is -2.86. The molecule has 26 heavy (non-hydrogen) atoms. The molecule has 0 radical (unpaired) electrons. The summed E-state index contributed by atoms with van der Waals surface area (Å²) in [6, 6.07) is 11.1. The maximum Gasteiger partial charge on any atom is 0.329 e. The van der Waals surface area contributed by atoms with E-state index in [-0.39, 0.29) is 12.5 Å². The summed E-state index contributed by atoms with van der Waals surface area (Å²) >= 11 is 0. The molecular weight excluding hydrogens is 330 g/mol. The number of nitrogens with zero attached hydrogens (tertiary/aromatic N) is 2. The van der Waals surface area contributed by atoms with Crippen LogP contribution in [0.15, 0.2) is 42.1 Å². The predicted octanol–water partition coefficient (Wildman–Crippen LogP) is 2.84. The first kappa shape index (κ1) is 17.9. The van der Waals surface area contributed by atoms with Crippen molar-refractivity contribution in [2.45, 2.75) is 26.9 Å². The molecule has 0 aliphatic carbocycles. The molecule has 136 valence electrons. The number of hydrogen-bond acceptors (Lipinski definition) is 3. The minimum Gasteiger partial charge on any atom is -0.383 e. The Balaban J connectivity index is 1.82. The highest BCUT2D eigenvalue weighted by atomic mass is 16.5. The van der Waals surface area contributed by atoms with E-state index in [1.165, 1.54) is 4.90 Å². The van der Waals surface area contributed by atoms with Crippen molar-refractivity contribution in [1.82, 2.24) is 14.8 Å². The number of imide groups is 1. The summed E-state index contributed by atoms with van der Waals surface area (Å²) in [6.45, 7) is 5.64. The number of ether oxygens (including phenoxy) is 1. The van der Waals surface area contributed by atoms with Crippen LogP contribution in [-0.4, -0.2) is 35.1 Å². The standard InChI is InChI=1S/C20H23N3O3/c1-14-11-17(15(2)22(14)9-10-26-3)12-18-19(24)23(20(25)21-18)13-16-7-5-4-6-8-16/h4-8,11-12H,9-10,13H2,1-3H3,(H,21,25)/b18-12+. The van der Waals surface area contributed by atoms with Crippen molar-refractivity contribution in [3.05, 3.63) is 64.6 Å². The monoisotopic (exact) mass is 353 g/mol. The highest BCUT2D eigenvalue weighted by Crippen LogP contribution is 2.21. The molecule has 1 saturated heterocycles. The Morgan fingerprint density at radius 1 is 1.15 bits per heavy atom. The summed E-state index contributed by atoms with van der Waals surface area (Å²) in [5, 5.41) is 2.69. The topological polar surface area (TPSA) is 63.6 Å². The lowest BCUT2D eigenvalue weighted by Crippen LogP contribution is -2.30. The van der Waals surface area contributed by atoms with Crippen LogP contribution in [0.1, 0.15) is 22.5 Å². The van der Waals surface area contributed by atoms with E-state index >= 15 is 0 Å². The molecule has 2 heterocycles. The molecular formula is C20H23N3O3. The van der Waals surface area contributed by atoms with Gasteiger partial charge in [-0.3, -0.25) is 9.69 Å². The van der Waals surface area contributed by atoms with Gasteiger partial charge < -0.3 is 14.6 Å². The summed E-state index contributed by atoms with van der Waals surface area (Å²) in [7, 11) is 1.67. The molecule has 2 aromatic rings. The van der Waals surface area contributed by atoms with Crippen molar-refractivity contribution in [3.8, 4) is 0 Å². The van der Waals surface area contributed by atoms with Gasteiger partial charge in [-0.1, -0.05) is 30.3 Å². The zero-order valence-electron chi connectivity index (χ0n) is 15.3. The van der Waals surface area contributed by atoms with Crippen molar-refractivity contribution in [2.24, 2.45) is 0 Å². The Labute approximate surface area is 153 Å². The third-order valence-electron chi connectivity index (χ3n) is 4.58. The van der Waals surface area contributed by atoms with Gasteiger partial charge in [-0.25, -0.2) is 4.79 Å². The number of aryl methyl sites for hydroxylation is 1. The van der Waals surface area contributed by atoms with E-state index in [0.29, 0.717) is 12.3 Å². The lowest BCUT2D eigenvalue weighted by Gasteiger charge is -2.11. The third-order valence-corrected chi connectivity index (χ3v) is 4.58. The van der Waals surface area contributed by atoms with Crippen molar-refractivity contribution >= 4 is 18.0 Å². The number of nitrogens with one attached hydrogen (secondary N) is 1. The van der Waals surface area contributed by atoms with Gasteiger partial charge in [0.25, 0.3) is 5.91 Å². The van der Waals surface area contributed by atoms with Crippen LogP contribution in [0.25, 0.3) is 6.08 Å². The van der Waals surface area contributed by atoms with Gasteiger partial charge in [0.2, 0.25) is 0 Å². The molecule has 0 spiro atoms. The van der Waals surface area contributed by atoms with Crippen LogP contribution in [-0.2, 0) is 22.6 Å². The molecule has 6 heteroatoms. The maximum absolute atomic E-state index is 12.6. The number of benzene rings is 1. The summed E-state index contributed by atoms with van der Waals surface area (Å²) in [5.41, 5.74) is 4.26. The van der Waals surface area contributed by atoms with Gasteiger partial charge in [0.05, 0.1) is 13.2 Å². The average molecular weight is 353 g/mol. The fraction of sp³-hybridized carbons (Fsp3) is 0.300. The van der Waals surface area contributed by atoms with E-state index in [9.17, 15) is 9.59 Å². The second kappa shape index (κ2) is 7.58. The first-order chi connectivity index (χ1) is 12.5. The Morgan fingerprint density at radius 2 is 1.88 bits per heavy atom. The lowest BCUT2D eigenvalue weighted by molar-refractivity contribution is -0.123. The molecule has 1 aromatic heterocycles. The molecule has 1 aliphatic heterocycles. The van der Waals surface area contributed by atoms with Gasteiger partial charge in [0.15, 0.2) is 0 Å². The van der Waals surface area contributed by atoms with Gasteiger partial charge in [-0.15, -0.1) is 0 Å². The number of rotatable bonds is 6. The fourth-order valence-electron chi connectivity index (χ4n) is 3.14. The van der Waals surface area contributed by atoms with E-state index in [1.54, 1.807) is 13.2 Å². The molecule has 6 nitrogen and oxygen atoms in total. The van der Waals surface area contributed by atoms with Gasteiger partial charge in [-0.2, -0.15) is 0 Å². The minimum absolute atomic E-state index is 0.260. The van der Waals surface area contributed by atoms with E-state index in [0.717, 1.165) is 29.1 Å². The highest BCUT2D eigenvalue weighted by molar-refractivity contribution is 6.13. The first-order valence-corrected chi connectivity index (χ1v) is 8.55. The summed E-state index contributed by atoms with van der Waals surface area (Å²) < 4.78 is 7.28. The number of aromatic nitrogens is 1. The van der Waals surface area contributed by atoms with Crippen LogP contribution < -0.4 is 5.32 Å². The van der Waals surface area contributed by atoms with Gasteiger partial charge >= 0.3 is 6.03 Å². The quantitative estimate of drug-likeness (QED) is 0.642. The molecule has 1 aromatic carbocycles. The number of methoxy groups -OCH3 is 1. The van der Waals surface area contributed by atoms with Crippen LogP contribution in [0.4, 0.5) is 4.79 Å². The molecule has 3 rings (SSSR count). The first-order valence-electron chi connectivity index (χ1n) is 8.55. The lowest BCUT2D eigenvalue weighted by atomic mass is 10.2. The predicted molar refractivity (Wildman–Crippen MR) is 99.3 cm³/mol. The second-order valence-electron chi connectivity index (χ2n) is 6.34. The smallest absolute Gasteiger partial charge is 0.329 e. The second-order valence-corrected chi connectivity index (χ2v) is 6.34. The van der Waals surface area contributed by atoms with E-state index in [2.05, 4.69) is 9.88 Å². The van der Waals surface area contributed by atoms with Crippen LogP contribution in [0.2, 0.25) is 0 Å². The zero-order valence-corrected chi connectivity index (χ0v) is 15.3. The van der Waals surface area contributed by atoms with Crippen molar-refractivity contribution in [2.75, 3.05) is 13.7 Å². The largest absolute Gasteiger partial charge is 0.383 e. The Bertz CT molecular complexity index is 853. The molecule has 0 unspecified atom stereocenters. The molecule has 0 atom stereocenters. The molecule has 1 N–H and O–H groups in total. The van der Waals surface area contributed by atoms with Crippen molar-refractivity contribution in [1.29, 1.82) is 0 Å². The highest BCUT2D eigenvalue weighted by Gasteiger charge is 2.33. The normalized spacial score (nSPS) is 15.8. The average Bonchev–Trinajstić information content (AvgIpc) is 3.04. The Morgan fingerprint density at radius 3 is 2.58 bits per heavy atom. The van der Waals surface area contributed by atoms with Gasteiger partial charge in [0, 0.05) is 25.0 Å². The summed E-state index contributed by atoms with van der Waals surface area (Å²) in [5.74, 6) is -0.305. The molecule has 1 aliphatic rings. The maximum atomic E-state index is 12.6. The molecule has 0 saturated carbocycles. The SMILES string of the molecule is COCCn1c(C)cc(/C=C2/NC(=O)N(Cc3ccccc3)C2=O)c1C. The number of amides is 3. The minimum atomic E-state index is -0.390. The molecule has 1 fully saturated rings. The van der Waals surface area contributed by atoms with E-state index in [4.69, 9.17) is 4.74 Å². The van der Waals surface area contributed by atoms with Crippen LogP contribution in [0.5, 0.6) is 0 Å². The number of carbonyl (C=O) groups is 2. The van der Waals surface area contributed by atoms with Crippen molar-refractivity contribution in [3.63, 3.8) is 0 Å². The third kappa shape index (κ3) is 3.55. The summed E-state index contributed by atoms with van der Waals surface area (Å²) in [4.78, 5) is 26.1. The summed E-state index contributed by atoms with van der Waals surface area (Å²) in [6.07, 6.45) is 1.75. The number of carbonyl (C=O) groups excluding carboxylic acids is 2. The van der Waals surface area contributed by atoms with E-state index in [1.807, 2.05) is 50.2 Å². The van der Waals surface area contributed by atoms with Crippen LogP contribution >= 0.6 is 0 Å². The number of urea groups is 1. The zero-order chi connectivity index (χ0) is 18.7. The van der Waals surface area contributed by atoms with Crippen molar-refractivity contribution < 1.29 is 14.3 Å². The fourth-order valence-corrected chi connectivity index (χ4v) is 3.14. The van der Waals surface area contributed by atoms with E-state index < -0.39 is 6.03 Å². The molecule has 0 bridgehead atoms.